The molecular weight excluding hydrogens is 330 g/mol. The number of sulfonamides is 1. The van der Waals surface area contributed by atoms with Gasteiger partial charge in [0, 0.05) is 19.3 Å². The van der Waals surface area contributed by atoms with Gasteiger partial charge in [-0.15, -0.1) is 6.58 Å². The van der Waals surface area contributed by atoms with Crippen LogP contribution in [0.15, 0.2) is 64.6 Å². The van der Waals surface area contributed by atoms with Gasteiger partial charge >= 0.3 is 6.03 Å². The van der Waals surface area contributed by atoms with Gasteiger partial charge in [0.15, 0.2) is 0 Å². The predicted molar refractivity (Wildman–Crippen MR) is 91.0 cm³/mol. The summed E-state index contributed by atoms with van der Waals surface area (Å²) in [7, 11) is -2.09. The zero-order valence-corrected chi connectivity index (χ0v) is 14.0. The number of furan rings is 1. The molecule has 7 nitrogen and oxygen atoms in total. The molecule has 0 saturated heterocycles. The van der Waals surface area contributed by atoms with Crippen molar-refractivity contribution in [3.8, 4) is 0 Å². The SMILES string of the molecule is C=CCN(C)S(=O)(=O)c1ccc(NC(=O)NCc2ccco2)cc1. The Morgan fingerprint density at radius 2 is 2.00 bits per heavy atom. The normalized spacial score (nSPS) is 11.2. The molecule has 0 spiro atoms. The minimum atomic E-state index is -3.56. The fourth-order valence-electron chi connectivity index (χ4n) is 1.93. The molecule has 8 heteroatoms. The Morgan fingerprint density at radius 1 is 1.29 bits per heavy atom. The number of hydrogen-bond acceptors (Lipinski definition) is 4. The summed E-state index contributed by atoms with van der Waals surface area (Å²) in [6, 6.07) is 9.01. The molecule has 0 aliphatic heterocycles. The average molecular weight is 349 g/mol. The summed E-state index contributed by atoms with van der Waals surface area (Å²) in [4.78, 5) is 11.9. The van der Waals surface area contributed by atoms with E-state index < -0.39 is 16.1 Å². The first-order chi connectivity index (χ1) is 11.4. The largest absolute Gasteiger partial charge is 0.467 e. The molecular formula is C16H19N3O4S. The molecule has 0 saturated carbocycles. The number of rotatable bonds is 7. The van der Waals surface area contributed by atoms with E-state index in [-0.39, 0.29) is 18.0 Å². The van der Waals surface area contributed by atoms with Gasteiger partial charge in [0.1, 0.15) is 5.76 Å². The minimum absolute atomic E-state index is 0.147. The molecule has 1 heterocycles. The van der Waals surface area contributed by atoms with Crippen LogP contribution in [0, 0.1) is 0 Å². The standard InChI is InChI=1S/C16H19N3O4S/c1-3-10-19(2)24(21,22)15-8-6-13(7-9-15)18-16(20)17-12-14-5-4-11-23-14/h3-9,11H,1,10,12H2,2H3,(H2,17,18,20). The van der Waals surface area contributed by atoms with Crippen LogP contribution in [-0.4, -0.2) is 32.3 Å². The number of benzene rings is 1. The Morgan fingerprint density at radius 3 is 2.58 bits per heavy atom. The van der Waals surface area contributed by atoms with E-state index in [9.17, 15) is 13.2 Å². The topological polar surface area (TPSA) is 91.7 Å². The van der Waals surface area contributed by atoms with Crippen LogP contribution in [0.25, 0.3) is 0 Å². The number of likely N-dealkylation sites (N-methyl/N-ethyl adjacent to an activating group) is 1. The van der Waals surface area contributed by atoms with Crippen molar-refractivity contribution in [2.75, 3.05) is 18.9 Å². The molecule has 0 unspecified atom stereocenters. The molecule has 0 atom stereocenters. The van der Waals surface area contributed by atoms with Crippen molar-refractivity contribution in [1.29, 1.82) is 0 Å². The lowest BCUT2D eigenvalue weighted by Gasteiger charge is -2.15. The van der Waals surface area contributed by atoms with Crippen LogP contribution in [0.1, 0.15) is 5.76 Å². The molecule has 0 fully saturated rings. The molecule has 1 aromatic carbocycles. The molecule has 24 heavy (non-hydrogen) atoms. The van der Waals surface area contributed by atoms with Gasteiger partial charge in [0.05, 0.1) is 17.7 Å². The molecule has 0 radical (unpaired) electrons. The van der Waals surface area contributed by atoms with Crippen molar-refractivity contribution < 1.29 is 17.6 Å². The summed E-state index contributed by atoms with van der Waals surface area (Å²) in [5.41, 5.74) is 0.484. The highest BCUT2D eigenvalue weighted by atomic mass is 32.2. The van der Waals surface area contributed by atoms with Crippen molar-refractivity contribution in [1.82, 2.24) is 9.62 Å². The maximum atomic E-state index is 12.3. The van der Waals surface area contributed by atoms with Gasteiger partial charge in [-0.05, 0) is 36.4 Å². The molecule has 0 aliphatic rings. The molecule has 2 rings (SSSR count). The summed E-state index contributed by atoms with van der Waals surface area (Å²) >= 11 is 0. The molecule has 128 valence electrons. The summed E-state index contributed by atoms with van der Waals surface area (Å²) in [5.74, 6) is 0.636. The highest BCUT2D eigenvalue weighted by Crippen LogP contribution is 2.17. The van der Waals surface area contributed by atoms with Crippen molar-refractivity contribution >= 4 is 21.7 Å². The van der Waals surface area contributed by atoms with Crippen LogP contribution < -0.4 is 10.6 Å². The van der Waals surface area contributed by atoms with E-state index in [1.54, 1.807) is 12.1 Å². The maximum absolute atomic E-state index is 12.3. The second kappa shape index (κ2) is 7.80. The Balaban J connectivity index is 1.96. The van der Waals surface area contributed by atoms with Crippen molar-refractivity contribution in [2.45, 2.75) is 11.4 Å². The lowest BCUT2D eigenvalue weighted by molar-refractivity contribution is 0.251. The van der Waals surface area contributed by atoms with Gasteiger partial charge in [-0.2, -0.15) is 4.31 Å². The minimum Gasteiger partial charge on any atom is -0.467 e. The van der Waals surface area contributed by atoms with Crippen LogP contribution >= 0.6 is 0 Å². The fraction of sp³-hybridized carbons (Fsp3) is 0.188. The molecule has 2 N–H and O–H groups in total. The van der Waals surface area contributed by atoms with Crippen LogP contribution in [0.5, 0.6) is 0 Å². The zero-order chi connectivity index (χ0) is 17.6. The van der Waals surface area contributed by atoms with E-state index in [1.165, 1.54) is 48.0 Å². The summed E-state index contributed by atoms with van der Waals surface area (Å²) in [6.07, 6.45) is 3.04. The van der Waals surface area contributed by atoms with E-state index in [4.69, 9.17) is 4.42 Å². The van der Waals surface area contributed by atoms with Crippen LogP contribution in [-0.2, 0) is 16.6 Å². The van der Waals surface area contributed by atoms with Gasteiger partial charge in [-0.3, -0.25) is 0 Å². The van der Waals surface area contributed by atoms with E-state index >= 15 is 0 Å². The Hall–Kier alpha value is -2.58. The molecule has 0 bridgehead atoms. The maximum Gasteiger partial charge on any atom is 0.319 e. The first-order valence-electron chi connectivity index (χ1n) is 7.18. The van der Waals surface area contributed by atoms with Crippen LogP contribution in [0.2, 0.25) is 0 Å². The lowest BCUT2D eigenvalue weighted by Crippen LogP contribution is -2.28. The number of anilines is 1. The molecule has 2 aromatic rings. The summed E-state index contributed by atoms with van der Waals surface area (Å²) in [5, 5.41) is 5.25. The molecule has 0 aliphatic carbocycles. The first-order valence-corrected chi connectivity index (χ1v) is 8.62. The van der Waals surface area contributed by atoms with Gasteiger partial charge in [0.25, 0.3) is 0 Å². The number of carbonyl (C=O) groups excluding carboxylic acids is 1. The number of urea groups is 1. The smallest absolute Gasteiger partial charge is 0.319 e. The number of hydrogen-bond donors (Lipinski definition) is 2. The second-order valence-electron chi connectivity index (χ2n) is 4.99. The van der Waals surface area contributed by atoms with E-state index in [1.807, 2.05) is 0 Å². The Bertz CT molecular complexity index is 783. The highest BCUT2D eigenvalue weighted by molar-refractivity contribution is 7.89. The number of nitrogens with one attached hydrogen (secondary N) is 2. The van der Waals surface area contributed by atoms with E-state index in [0.29, 0.717) is 11.4 Å². The van der Waals surface area contributed by atoms with Gasteiger partial charge < -0.3 is 15.1 Å². The number of nitrogens with zero attached hydrogens (tertiary/aromatic N) is 1. The quantitative estimate of drug-likeness (QED) is 0.751. The van der Waals surface area contributed by atoms with Crippen molar-refractivity contribution in [3.05, 3.63) is 61.1 Å². The Labute approximate surface area is 141 Å². The Kier molecular flexibility index (Phi) is 5.78. The third-order valence-electron chi connectivity index (χ3n) is 3.21. The first kappa shape index (κ1) is 17.8. The number of amides is 2. The van der Waals surface area contributed by atoms with Crippen LogP contribution in [0.4, 0.5) is 10.5 Å². The third-order valence-corrected chi connectivity index (χ3v) is 5.05. The van der Waals surface area contributed by atoms with Crippen molar-refractivity contribution in [3.63, 3.8) is 0 Å². The highest BCUT2D eigenvalue weighted by Gasteiger charge is 2.19. The van der Waals surface area contributed by atoms with E-state index in [0.717, 1.165) is 0 Å². The molecule has 2 amide bonds. The zero-order valence-electron chi connectivity index (χ0n) is 13.2. The van der Waals surface area contributed by atoms with Gasteiger partial charge in [-0.25, -0.2) is 13.2 Å². The second-order valence-corrected chi connectivity index (χ2v) is 7.03. The average Bonchev–Trinajstić information content (AvgIpc) is 3.07. The van der Waals surface area contributed by atoms with Crippen LogP contribution in [0.3, 0.4) is 0 Å². The van der Waals surface area contributed by atoms with Gasteiger partial charge in [-0.1, -0.05) is 6.08 Å². The van der Waals surface area contributed by atoms with Crippen molar-refractivity contribution in [2.24, 2.45) is 0 Å². The van der Waals surface area contributed by atoms with Gasteiger partial charge in [0.2, 0.25) is 10.0 Å². The monoisotopic (exact) mass is 349 g/mol. The third kappa shape index (κ3) is 4.46. The fourth-order valence-corrected chi connectivity index (χ4v) is 3.07. The summed E-state index contributed by atoms with van der Waals surface area (Å²) in [6.45, 7) is 4.00. The number of carbonyl (C=O) groups is 1. The summed E-state index contributed by atoms with van der Waals surface area (Å²) < 4.78 is 30.8. The molecule has 1 aromatic heterocycles. The lowest BCUT2D eigenvalue weighted by atomic mass is 10.3. The van der Waals surface area contributed by atoms with E-state index in [2.05, 4.69) is 17.2 Å². The predicted octanol–water partition coefficient (Wildman–Crippen LogP) is 2.41.